The van der Waals surface area contributed by atoms with Crippen molar-refractivity contribution in [3.8, 4) is 17.6 Å². The van der Waals surface area contributed by atoms with Crippen molar-refractivity contribution < 1.29 is 18.3 Å². The minimum absolute atomic E-state index is 0.0966. The van der Waals surface area contributed by atoms with Crippen LogP contribution in [0.4, 0.5) is 0 Å². The summed E-state index contributed by atoms with van der Waals surface area (Å²) in [7, 11) is 2.88. The highest BCUT2D eigenvalue weighted by atomic mass is 16.5. The largest absolute Gasteiger partial charge is 0.495 e. The molecule has 3 rings (SSSR count). The molecule has 1 aromatic carbocycles. The number of hydrogen-bond donors (Lipinski definition) is 0. The third-order valence-corrected chi connectivity index (χ3v) is 3.07. The van der Waals surface area contributed by atoms with Gasteiger partial charge in [-0.3, -0.25) is 4.79 Å². The third kappa shape index (κ3) is 1.40. The second kappa shape index (κ2) is 4.31. The van der Waals surface area contributed by atoms with Gasteiger partial charge in [0.2, 0.25) is 11.2 Å². The van der Waals surface area contributed by atoms with Crippen LogP contribution in [0, 0.1) is 11.3 Å². The first-order chi connectivity index (χ1) is 9.72. The predicted molar refractivity (Wildman–Crippen MR) is 70.1 cm³/mol. The number of ether oxygens (including phenoxy) is 2. The van der Waals surface area contributed by atoms with Gasteiger partial charge in [-0.2, -0.15) is 5.26 Å². The molecular weight excluding hydrogens is 262 g/mol. The molecule has 0 spiro atoms. The summed E-state index contributed by atoms with van der Waals surface area (Å²) < 4.78 is 21.3. The maximum absolute atomic E-state index is 12.3. The third-order valence-electron chi connectivity index (χ3n) is 3.07. The lowest BCUT2D eigenvalue weighted by Gasteiger charge is -2.09. The summed E-state index contributed by atoms with van der Waals surface area (Å²) in [5.41, 5.74) is 0.0493. The molecule has 20 heavy (non-hydrogen) atoms. The van der Waals surface area contributed by atoms with Crippen LogP contribution in [0.3, 0.4) is 0 Å². The monoisotopic (exact) mass is 271 g/mol. The molecule has 0 aliphatic carbocycles. The lowest BCUT2D eigenvalue weighted by atomic mass is 10.1. The van der Waals surface area contributed by atoms with Crippen molar-refractivity contribution in [1.29, 1.82) is 5.26 Å². The van der Waals surface area contributed by atoms with Crippen molar-refractivity contribution in [2.45, 2.75) is 0 Å². The molecule has 6 heteroatoms. The number of benzene rings is 1. The highest BCUT2D eigenvalue weighted by Gasteiger charge is 2.23. The Labute approximate surface area is 112 Å². The quantitative estimate of drug-likeness (QED) is 0.711. The van der Waals surface area contributed by atoms with Gasteiger partial charge in [0.05, 0.1) is 25.9 Å². The van der Waals surface area contributed by atoms with Gasteiger partial charge < -0.3 is 18.3 Å². The van der Waals surface area contributed by atoms with Gasteiger partial charge in [-0.15, -0.1) is 0 Å². The van der Waals surface area contributed by atoms with Crippen LogP contribution in [0.15, 0.2) is 32.2 Å². The Hall–Kier alpha value is -2.94. The van der Waals surface area contributed by atoms with Crippen LogP contribution in [-0.4, -0.2) is 14.2 Å². The molecule has 0 radical (unpaired) electrons. The normalized spacial score (nSPS) is 10.7. The summed E-state index contributed by atoms with van der Waals surface area (Å²) in [5, 5.41) is 9.69. The Morgan fingerprint density at radius 1 is 1.15 bits per heavy atom. The highest BCUT2D eigenvalue weighted by Crippen LogP contribution is 2.41. The number of fused-ring (bicyclic) bond motifs is 2. The summed E-state index contributed by atoms with van der Waals surface area (Å²) in [6.45, 7) is 0. The van der Waals surface area contributed by atoms with Crippen LogP contribution in [-0.2, 0) is 0 Å². The van der Waals surface area contributed by atoms with Crippen LogP contribution in [0.1, 0.15) is 5.56 Å². The number of nitriles is 1. The van der Waals surface area contributed by atoms with Crippen molar-refractivity contribution in [2.24, 2.45) is 0 Å². The van der Waals surface area contributed by atoms with Gasteiger partial charge in [-0.1, -0.05) is 0 Å². The van der Waals surface area contributed by atoms with Gasteiger partial charge in [-0.25, -0.2) is 0 Å². The number of furan rings is 1. The summed E-state index contributed by atoms with van der Waals surface area (Å²) in [4.78, 5) is 12.3. The van der Waals surface area contributed by atoms with Gasteiger partial charge >= 0.3 is 0 Å². The second-order valence-electron chi connectivity index (χ2n) is 4.02. The maximum Gasteiger partial charge on any atom is 0.214 e. The van der Waals surface area contributed by atoms with E-state index in [1.165, 1.54) is 20.5 Å². The van der Waals surface area contributed by atoms with E-state index in [1.54, 1.807) is 12.1 Å². The fraction of sp³-hybridized carbons (Fsp3) is 0.143. The molecule has 0 atom stereocenters. The zero-order valence-electron chi connectivity index (χ0n) is 10.7. The van der Waals surface area contributed by atoms with Crippen molar-refractivity contribution in [1.82, 2.24) is 0 Å². The molecule has 0 aliphatic heterocycles. The van der Waals surface area contributed by atoms with E-state index in [9.17, 15) is 4.79 Å². The zero-order valence-corrected chi connectivity index (χ0v) is 10.7. The lowest BCUT2D eigenvalue weighted by molar-refractivity contribution is 0.400. The molecule has 0 bridgehead atoms. The summed E-state index contributed by atoms with van der Waals surface area (Å²) in [6, 6.07) is 3.45. The summed E-state index contributed by atoms with van der Waals surface area (Å²) in [5.74, 6) is 0.595. The number of rotatable bonds is 2. The molecule has 0 aliphatic rings. The van der Waals surface area contributed by atoms with E-state index < -0.39 is 5.43 Å². The van der Waals surface area contributed by atoms with Gasteiger partial charge in [0.1, 0.15) is 29.0 Å². The molecule has 0 N–H and O–H groups in total. The first-order valence-corrected chi connectivity index (χ1v) is 5.69. The van der Waals surface area contributed by atoms with E-state index in [0.29, 0.717) is 22.5 Å². The Balaban J connectivity index is 2.67. The zero-order chi connectivity index (χ0) is 14.3. The van der Waals surface area contributed by atoms with Gasteiger partial charge in [0.25, 0.3) is 0 Å². The van der Waals surface area contributed by atoms with Crippen molar-refractivity contribution in [2.75, 3.05) is 14.2 Å². The van der Waals surface area contributed by atoms with Crippen molar-refractivity contribution >= 4 is 21.9 Å². The van der Waals surface area contributed by atoms with Crippen LogP contribution in [0.2, 0.25) is 0 Å². The minimum atomic E-state index is -0.466. The molecule has 100 valence electrons. The van der Waals surface area contributed by atoms with Crippen LogP contribution < -0.4 is 14.9 Å². The second-order valence-corrected chi connectivity index (χ2v) is 4.02. The van der Waals surface area contributed by atoms with E-state index in [2.05, 4.69) is 0 Å². The molecule has 0 unspecified atom stereocenters. The molecule has 0 amide bonds. The SMILES string of the molecule is COc1c2occc2c(OC)c2c(=O)c(C#N)coc12. The first-order valence-electron chi connectivity index (χ1n) is 5.69. The number of nitrogens with zero attached hydrogens (tertiary/aromatic N) is 1. The van der Waals surface area contributed by atoms with Crippen molar-refractivity contribution in [3.05, 3.63) is 34.4 Å². The van der Waals surface area contributed by atoms with E-state index in [1.807, 2.05) is 0 Å². The maximum atomic E-state index is 12.3. The molecule has 6 nitrogen and oxygen atoms in total. The molecule has 0 saturated heterocycles. The first kappa shape index (κ1) is 12.1. The molecule has 2 aromatic heterocycles. The van der Waals surface area contributed by atoms with E-state index >= 15 is 0 Å². The Kier molecular flexibility index (Phi) is 2.61. The smallest absolute Gasteiger partial charge is 0.214 e. The van der Waals surface area contributed by atoms with Crippen LogP contribution in [0.5, 0.6) is 11.5 Å². The fourth-order valence-corrected chi connectivity index (χ4v) is 2.22. The lowest BCUT2D eigenvalue weighted by Crippen LogP contribution is -2.08. The summed E-state index contributed by atoms with van der Waals surface area (Å²) >= 11 is 0. The van der Waals surface area contributed by atoms with Crippen LogP contribution >= 0.6 is 0 Å². The van der Waals surface area contributed by atoms with Crippen LogP contribution in [0.25, 0.3) is 21.9 Å². The number of hydrogen-bond acceptors (Lipinski definition) is 6. The Morgan fingerprint density at radius 2 is 1.90 bits per heavy atom. The molecular formula is C14H9NO5. The highest BCUT2D eigenvalue weighted by molar-refractivity contribution is 6.06. The molecule has 2 heterocycles. The molecule has 0 fully saturated rings. The molecule has 0 saturated carbocycles. The van der Waals surface area contributed by atoms with Gasteiger partial charge in [-0.05, 0) is 6.07 Å². The van der Waals surface area contributed by atoms with Gasteiger partial charge in [0.15, 0.2) is 11.2 Å². The van der Waals surface area contributed by atoms with Crippen molar-refractivity contribution in [3.63, 3.8) is 0 Å². The predicted octanol–water partition coefficient (Wildman–Crippen LogP) is 2.43. The fourth-order valence-electron chi connectivity index (χ4n) is 2.22. The van der Waals surface area contributed by atoms with E-state index in [0.717, 1.165) is 6.26 Å². The van der Waals surface area contributed by atoms with E-state index in [4.69, 9.17) is 23.6 Å². The Bertz CT molecular complexity index is 913. The minimum Gasteiger partial charge on any atom is -0.495 e. The van der Waals surface area contributed by atoms with E-state index in [-0.39, 0.29) is 16.5 Å². The van der Waals surface area contributed by atoms with Gasteiger partial charge in [0, 0.05) is 0 Å². The topological polar surface area (TPSA) is 85.6 Å². The Morgan fingerprint density at radius 3 is 2.55 bits per heavy atom. The number of methoxy groups -OCH3 is 2. The molecule has 3 aromatic rings. The average Bonchev–Trinajstić information content (AvgIpc) is 2.94. The standard InChI is InChI=1S/C14H9NO5/c1-17-11-8-3-4-19-12(8)14(18-2)13-9(11)10(16)7(5-15)6-20-13/h3-4,6H,1-2H3. The average molecular weight is 271 g/mol. The summed E-state index contributed by atoms with van der Waals surface area (Å²) in [6.07, 6.45) is 2.56.